The van der Waals surface area contributed by atoms with Crippen molar-refractivity contribution in [3.05, 3.63) is 35.6 Å². The van der Waals surface area contributed by atoms with Crippen LogP contribution in [0.2, 0.25) is 0 Å². The molecule has 0 spiro atoms. The Labute approximate surface area is 100 Å². The number of carbonyl (C=O) groups excluding carboxylic acids is 1. The Kier molecular flexibility index (Phi) is 3.43. The maximum absolute atomic E-state index is 13.8. The Balaban J connectivity index is 2.35. The van der Waals surface area contributed by atoms with Crippen molar-refractivity contribution in [3.63, 3.8) is 0 Å². The molecule has 1 aromatic rings. The molecule has 0 aromatic heterocycles. The second-order valence-electron chi connectivity index (χ2n) is 4.42. The number of likely N-dealkylation sites (tertiary alicyclic amines) is 1. The third kappa shape index (κ3) is 2.17. The van der Waals surface area contributed by atoms with Crippen molar-refractivity contribution in [1.82, 2.24) is 4.90 Å². The second kappa shape index (κ2) is 4.84. The number of amides is 1. The number of hydrogen-bond acceptors (Lipinski definition) is 2. The highest BCUT2D eigenvalue weighted by molar-refractivity contribution is 5.80. The molecule has 1 aliphatic heterocycles. The van der Waals surface area contributed by atoms with Gasteiger partial charge in [-0.15, -0.1) is 0 Å². The van der Waals surface area contributed by atoms with Crippen LogP contribution in [-0.4, -0.2) is 23.4 Å². The van der Waals surface area contributed by atoms with Crippen molar-refractivity contribution in [2.75, 3.05) is 6.54 Å². The first-order valence-corrected chi connectivity index (χ1v) is 5.94. The molecule has 1 amide bonds. The first kappa shape index (κ1) is 12.0. The van der Waals surface area contributed by atoms with Crippen LogP contribution in [0.5, 0.6) is 0 Å². The number of benzene rings is 1. The first-order chi connectivity index (χ1) is 8.15. The van der Waals surface area contributed by atoms with Crippen molar-refractivity contribution < 1.29 is 9.18 Å². The predicted octanol–water partition coefficient (Wildman–Crippen LogP) is 1.84. The molecule has 1 saturated heterocycles. The largest absolute Gasteiger partial charge is 0.334 e. The number of halogens is 1. The molecule has 2 unspecified atom stereocenters. The number of rotatable bonds is 3. The second-order valence-corrected chi connectivity index (χ2v) is 4.42. The van der Waals surface area contributed by atoms with Crippen LogP contribution in [0.15, 0.2) is 24.3 Å². The molecule has 2 rings (SSSR count). The molecule has 2 N–H and O–H groups in total. The van der Waals surface area contributed by atoms with Gasteiger partial charge in [0.25, 0.3) is 0 Å². The van der Waals surface area contributed by atoms with Crippen LogP contribution in [0, 0.1) is 5.82 Å². The summed E-state index contributed by atoms with van der Waals surface area (Å²) in [6.07, 6.45) is 1.16. The van der Waals surface area contributed by atoms with Gasteiger partial charge in [-0.3, -0.25) is 4.79 Å². The van der Waals surface area contributed by atoms with E-state index in [4.69, 9.17) is 5.73 Å². The number of carbonyl (C=O) groups is 1. The van der Waals surface area contributed by atoms with E-state index < -0.39 is 0 Å². The Morgan fingerprint density at radius 3 is 2.82 bits per heavy atom. The maximum Gasteiger partial charge on any atom is 0.224 e. The van der Waals surface area contributed by atoms with Gasteiger partial charge in [-0.2, -0.15) is 0 Å². The summed E-state index contributed by atoms with van der Waals surface area (Å²) in [4.78, 5) is 13.5. The molecule has 4 heteroatoms. The number of nitrogens with two attached hydrogens (primary N) is 1. The molecule has 0 bridgehead atoms. The molecular formula is C13H17FN2O. The van der Waals surface area contributed by atoms with E-state index in [-0.39, 0.29) is 23.8 Å². The van der Waals surface area contributed by atoms with Crippen molar-refractivity contribution in [2.24, 2.45) is 5.73 Å². The van der Waals surface area contributed by atoms with E-state index in [0.29, 0.717) is 18.5 Å². The van der Waals surface area contributed by atoms with Crippen LogP contribution < -0.4 is 5.73 Å². The van der Waals surface area contributed by atoms with Gasteiger partial charge in [0.15, 0.2) is 0 Å². The van der Waals surface area contributed by atoms with E-state index in [0.717, 1.165) is 6.42 Å². The molecule has 2 atom stereocenters. The van der Waals surface area contributed by atoms with Crippen LogP contribution in [0.25, 0.3) is 0 Å². The summed E-state index contributed by atoms with van der Waals surface area (Å²) in [5.41, 5.74) is 6.49. The minimum atomic E-state index is -0.316. The van der Waals surface area contributed by atoms with Crippen molar-refractivity contribution >= 4 is 5.91 Å². The molecule has 0 saturated carbocycles. The molecular weight excluding hydrogens is 219 g/mol. The van der Waals surface area contributed by atoms with Gasteiger partial charge in [-0.05, 0) is 12.5 Å². The van der Waals surface area contributed by atoms with E-state index in [2.05, 4.69) is 0 Å². The topological polar surface area (TPSA) is 46.3 Å². The molecule has 1 aromatic carbocycles. The molecule has 0 aliphatic carbocycles. The maximum atomic E-state index is 13.8. The molecule has 1 fully saturated rings. The zero-order valence-corrected chi connectivity index (χ0v) is 9.90. The van der Waals surface area contributed by atoms with Gasteiger partial charge in [-0.25, -0.2) is 4.39 Å². The highest BCUT2D eigenvalue weighted by Gasteiger charge is 2.39. The van der Waals surface area contributed by atoms with E-state index in [1.165, 1.54) is 6.07 Å². The van der Waals surface area contributed by atoms with Gasteiger partial charge in [0.05, 0.1) is 6.04 Å². The molecule has 17 heavy (non-hydrogen) atoms. The molecule has 0 radical (unpaired) electrons. The third-order valence-electron chi connectivity index (χ3n) is 3.16. The molecule has 1 aliphatic rings. The molecule has 1 heterocycles. The quantitative estimate of drug-likeness (QED) is 0.870. The van der Waals surface area contributed by atoms with Gasteiger partial charge in [0.1, 0.15) is 5.82 Å². The van der Waals surface area contributed by atoms with Gasteiger partial charge in [0, 0.05) is 24.6 Å². The van der Waals surface area contributed by atoms with Crippen LogP contribution in [0.1, 0.15) is 31.4 Å². The van der Waals surface area contributed by atoms with Crippen molar-refractivity contribution in [1.29, 1.82) is 0 Å². The highest BCUT2D eigenvalue weighted by atomic mass is 19.1. The van der Waals surface area contributed by atoms with Crippen LogP contribution in [-0.2, 0) is 4.79 Å². The van der Waals surface area contributed by atoms with Gasteiger partial charge >= 0.3 is 0 Å². The van der Waals surface area contributed by atoms with E-state index in [1.807, 2.05) is 6.92 Å². The fourth-order valence-electron chi connectivity index (χ4n) is 2.43. The predicted molar refractivity (Wildman–Crippen MR) is 63.7 cm³/mol. The Morgan fingerprint density at radius 2 is 2.18 bits per heavy atom. The minimum absolute atomic E-state index is 0.0209. The zero-order chi connectivity index (χ0) is 12.4. The standard InChI is InChI=1S/C13H17FN2O/c1-2-7-16-12(17)8-11(15)13(16)9-5-3-4-6-10(9)14/h3-6,11,13H,2,7-8,15H2,1H3. The lowest BCUT2D eigenvalue weighted by atomic mass is 10.00. The average molecular weight is 236 g/mol. The summed E-state index contributed by atoms with van der Waals surface area (Å²) in [5, 5.41) is 0. The van der Waals surface area contributed by atoms with Crippen molar-refractivity contribution in [3.8, 4) is 0 Å². The summed E-state index contributed by atoms with van der Waals surface area (Å²) in [7, 11) is 0. The lowest BCUT2D eigenvalue weighted by Gasteiger charge is -2.27. The van der Waals surface area contributed by atoms with E-state index in [1.54, 1.807) is 23.1 Å². The van der Waals surface area contributed by atoms with Crippen LogP contribution in [0.4, 0.5) is 4.39 Å². The highest BCUT2D eigenvalue weighted by Crippen LogP contribution is 2.33. The summed E-state index contributed by atoms with van der Waals surface area (Å²) < 4.78 is 13.8. The van der Waals surface area contributed by atoms with E-state index >= 15 is 0 Å². The Morgan fingerprint density at radius 1 is 1.47 bits per heavy atom. The lowest BCUT2D eigenvalue weighted by molar-refractivity contribution is -0.129. The van der Waals surface area contributed by atoms with E-state index in [9.17, 15) is 9.18 Å². The lowest BCUT2D eigenvalue weighted by Crippen LogP contribution is -2.34. The number of nitrogens with zero attached hydrogens (tertiary/aromatic N) is 1. The summed E-state index contributed by atoms with van der Waals surface area (Å²) in [5.74, 6) is -0.267. The summed E-state index contributed by atoms with van der Waals surface area (Å²) >= 11 is 0. The SMILES string of the molecule is CCCN1C(=O)CC(N)C1c1ccccc1F. The molecule has 92 valence electrons. The monoisotopic (exact) mass is 236 g/mol. The first-order valence-electron chi connectivity index (χ1n) is 5.94. The average Bonchev–Trinajstić information content (AvgIpc) is 2.56. The smallest absolute Gasteiger partial charge is 0.224 e. The normalized spacial score (nSPS) is 24.4. The van der Waals surface area contributed by atoms with Crippen LogP contribution in [0.3, 0.4) is 0 Å². The fourth-order valence-corrected chi connectivity index (χ4v) is 2.43. The number of hydrogen-bond donors (Lipinski definition) is 1. The fraction of sp³-hybridized carbons (Fsp3) is 0.462. The molecule has 3 nitrogen and oxygen atoms in total. The third-order valence-corrected chi connectivity index (χ3v) is 3.16. The van der Waals surface area contributed by atoms with Crippen molar-refractivity contribution in [2.45, 2.75) is 31.8 Å². The minimum Gasteiger partial charge on any atom is -0.334 e. The van der Waals surface area contributed by atoms with Gasteiger partial charge in [0.2, 0.25) is 5.91 Å². The van der Waals surface area contributed by atoms with Crippen LogP contribution >= 0.6 is 0 Å². The summed E-state index contributed by atoms with van der Waals surface area (Å²) in [6.45, 7) is 2.63. The summed E-state index contributed by atoms with van der Waals surface area (Å²) in [6, 6.07) is 5.91. The Hall–Kier alpha value is -1.42. The van der Waals surface area contributed by atoms with Gasteiger partial charge in [-0.1, -0.05) is 25.1 Å². The van der Waals surface area contributed by atoms with Gasteiger partial charge < -0.3 is 10.6 Å². The Bertz CT molecular complexity index is 422. The zero-order valence-electron chi connectivity index (χ0n) is 9.90.